The Morgan fingerprint density at radius 1 is 1.07 bits per heavy atom. The number of hydrogen-bond acceptors (Lipinski definition) is 10. The molecule has 5 N–H and O–H groups in total. The van der Waals surface area contributed by atoms with E-state index in [0.717, 1.165) is 6.07 Å². The third-order valence-electron chi connectivity index (χ3n) is 3.63. The second-order valence-electron chi connectivity index (χ2n) is 5.42. The first-order chi connectivity index (χ1) is 13.3. The van der Waals surface area contributed by atoms with Crippen LogP contribution in [0.1, 0.15) is 0 Å². The van der Waals surface area contributed by atoms with Crippen LogP contribution in [0.2, 0.25) is 0 Å². The summed E-state index contributed by atoms with van der Waals surface area (Å²) in [7, 11) is -4.53. The van der Waals surface area contributed by atoms with Crippen LogP contribution in [0.3, 0.4) is 0 Å². The third-order valence-corrected chi connectivity index (χ3v) is 5.15. The van der Waals surface area contributed by atoms with E-state index in [4.69, 9.17) is 11.0 Å². The Hall–Kier alpha value is -2.74. The SMILES string of the molecule is Nc1ccc2cc(SOOO)c(N=Nc3ccccc3S(=O)(=O)O)c(O)c2c1. The highest BCUT2D eigenvalue weighted by atomic mass is 32.2. The van der Waals surface area contributed by atoms with Gasteiger partial charge in [0.15, 0.2) is 5.75 Å². The molecule has 0 bridgehead atoms. The number of fused-ring (bicyclic) bond motifs is 1. The molecule has 0 saturated heterocycles. The molecular formula is C16H13N3O7S2. The maximum absolute atomic E-state index is 11.5. The molecule has 0 heterocycles. The number of aromatic hydroxyl groups is 1. The van der Waals surface area contributed by atoms with Gasteiger partial charge >= 0.3 is 0 Å². The average Bonchev–Trinajstić information content (AvgIpc) is 2.66. The van der Waals surface area contributed by atoms with Gasteiger partial charge in [-0.15, -0.1) is 14.6 Å². The van der Waals surface area contributed by atoms with Crippen LogP contribution in [0, 0.1) is 0 Å². The van der Waals surface area contributed by atoms with Crippen molar-refractivity contribution in [3.05, 3.63) is 48.5 Å². The van der Waals surface area contributed by atoms with Crippen molar-refractivity contribution in [2.75, 3.05) is 5.73 Å². The molecule has 0 atom stereocenters. The zero-order valence-electron chi connectivity index (χ0n) is 13.9. The van der Waals surface area contributed by atoms with Gasteiger partial charge < -0.3 is 10.8 Å². The number of hydrogen-bond donors (Lipinski definition) is 4. The van der Waals surface area contributed by atoms with Gasteiger partial charge in [-0.25, -0.2) is 5.26 Å². The van der Waals surface area contributed by atoms with Crippen molar-refractivity contribution in [3.63, 3.8) is 0 Å². The Morgan fingerprint density at radius 2 is 1.82 bits per heavy atom. The number of benzene rings is 3. The lowest BCUT2D eigenvalue weighted by molar-refractivity contribution is -0.432. The quantitative estimate of drug-likeness (QED) is 0.113. The van der Waals surface area contributed by atoms with Crippen LogP contribution in [0.4, 0.5) is 17.1 Å². The van der Waals surface area contributed by atoms with Crippen LogP contribution in [-0.2, 0) is 19.5 Å². The lowest BCUT2D eigenvalue weighted by atomic mass is 10.1. The molecule has 3 aromatic carbocycles. The zero-order valence-corrected chi connectivity index (χ0v) is 15.5. The summed E-state index contributed by atoms with van der Waals surface area (Å²) in [5, 5.41) is 31.3. The highest BCUT2D eigenvalue weighted by Gasteiger charge is 2.17. The molecule has 28 heavy (non-hydrogen) atoms. The monoisotopic (exact) mass is 423 g/mol. The van der Waals surface area contributed by atoms with Crippen molar-refractivity contribution < 1.29 is 32.7 Å². The van der Waals surface area contributed by atoms with Crippen molar-refractivity contribution in [1.82, 2.24) is 0 Å². The number of nitrogens with two attached hydrogens (primary N) is 1. The van der Waals surface area contributed by atoms with Crippen molar-refractivity contribution in [2.45, 2.75) is 9.79 Å². The van der Waals surface area contributed by atoms with E-state index >= 15 is 0 Å². The molecule has 0 fully saturated rings. The molecular weight excluding hydrogens is 410 g/mol. The Labute approximate surface area is 163 Å². The number of nitrogens with zero attached hydrogens (tertiary/aromatic N) is 2. The van der Waals surface area contributed by atoms with Crippen LogP contribution < -0.4 is 5.73 Å². The van der Waals surface area contributed by atoms with Crippen molar-refractivity contribution >= 4 is 50.0 Å². The molecule has 0 amide bonds. The summed E-state index contributed by atoms with van der Waals surface area (Å²) in [4.78, 5) is -0.246. The van der Waals surface area contributed by atoms with Crippen molar-refractivity contribution in [2.24, 2.45) is 10.2 Å². The van der Waals surface area contributed by atoms with E-state index in [1.807, 2.05) is 0 Å². The molecule has 0 aliphatic heterocycles. The first-order valence-corrected chi connectivity index (χ1v) is 9.67. The highest BCUT2D eigenvalue weighted by molar-refractivity contribution is 7.94. The lowest BCUT2D eigenvalue weighted by Gasteiger charge is -2.09. The molecule has 0 saturated carbocycles. The van der Waals surface area contributed by atoms with E-state index in [-0.39, 0.29) is 22.0 Å². The molecule has 0 aliphatic carbocycles. The van der Waals surface area contributed by atoms with Gasteiger partial charge in [0.05, 0.1) is 16.9 Å². The van der Waals surface area contributed by atoms with Gasteiger partial charge in [0.2, 0.25) is 0 Å². The van der Waals surface area contributed by atoms with Crippen LogP contribution in [0.15, 0.2) is 68.6 Å². The van der Waals surface area contributed by atoms with Gasteiger partial charge in [0.1, 0.15) is 16.3 Å². The largest absolute Gasteiger partial charge is 0.505 e. The number of rotatable bonds is 6. The van der Waals surface area contributed by atoms with Gasteiger partial charge in [-0.05, 0) is 35.7 Å². The topological polar surface area (TPSA) is 164 Å². The molecule has 12 heteroatoms. The molecule has 10 nitrogen and oxygen atoms in total. The van der Waals surface area contributed by atoms with Gasteiger partial charge in [-0.2, -0.15) is 8.42 Å². The first kappa shape index (κ1) is 20.0. The Balaban J connectivity index is 2.16. The van der Waals surface area contributed by atoms with E-state index in [9.17, 15) is 18.1 Å². The van der Waals surface area contributed by atoms with Gasteiger partial charge in [-0.1, -0.05) is 23.2 Å². The van der Waals surface area contributed by atoms with E-state index < -0.39 is 15.0 Å². The van der Waals surface area contributed by atoms with Gasteiger partial charge in [0.25, 0.3) is 10.1 Å². The number of nitrogen functional groups attached to an aromatic ring is 1. The zero-order chi connectivity index (χ0) is 20.3. The standard InChI is InChI=1S/C16H13N3O7S2/c17-10-6-5-9-7-13(27-26-25-21)15(16(20)11(9)8-10)19-18-12-3-1-2-4-14(12)28(22,23)24/h1-8,20-21H,17H2,(H,22,23,24). The fourth-order valence-corrected chi connectivity index (χ4v) is 3.55. The number of phenolic OH excluding ortho intramolecular Hbond substituents is 1. The smallest absolute Gasteiger partial charge is 0.296 e. The summed E-state index contributed by atoms with van der Waals surface area (Å²) in [5.41, 5.74) is 5.91. The lowest BCUT2D eigenvalue weighted by Crippen LogP contribution is -1.97. The van der Waals surface area contributed by atoms with E-state index in [1.165, 1.54) is 24.3 Å². The van der Waals surface area contributed by atoms with Crippen LogP contribution >= 0.6 is 12.0 Å². The summed E-state index contributed by atoms with van der Waals surface area (Å²) >= 11 is 0.540. The van der Waals surface area contributed by atoms with Crippen LogP contribution in [-0.4, -0.2) is 23.3 Å². The minimum absolute atomic E-state index is 0.0923. The number of azo groups is 1. The number of anilines is 1. The minimum Gasteiger partial charge on any atom is -0.505 e. The maximum Gasteiger partial charge on any atom is 0.296 e. The van der Waals surface area contributed by atoms with E-state index in [0.29, 0.717) is 28.5 Å². The average molecular weight is 423 g/mol. The number of phenols is 1. The molecule has 146 valence electrons. The summed E-state index contributed by atoms with van der Waals surface area (Å²) in [6.45, 7) is 0. The third kappa shape index (κ3) is 4.22. The van der Waals surface area contributed by atoms with E-state index in [1.54, 1.807) is 18.2 Å². The highest BCUT2D eigenvalue weighted by Crippen LogP contribution is 2.44. The van der Waals surface area contributed by atoms with Gasteiger partial charge in [0, 0.05) is 11.1 Å². The van der Waals surface area contributed by atoms with Crippen molar-refractivity contribution in [3.8, 4) is 5.75 Å². The molecule has 0 unspecified atom stereocenters. The fraction of sp³-hybridized carbons (Fsp3) is 0. The Bertz CT molecular complexity index is 1170. The van der Waals surface area contributed by atoms with E-state index in [2.05, 4.69) is 19.6 Å². The summed E-state index contributed by atoms with van der Waals surface area (Å²) < 4.78 is 36.7. The second kappa shape index (κ2) is 8.10. The molecule has 0 aromatic heterocycles. The van der Waals surface area contributed by atoms with Crippen LogP contribution in [0.5, 0.6) is 5.75 Å². The molecule has 3 aromatic rings. The molecule has 0 aliphatic rings. The molecule has 3 rings (SSSR count). The maximum atomic E-state index is 11.5. The van der Waals surface area contributed by atoms with Gasteiger partial charge in [-0.3, -0.25) is 4.55 Å². The second-order valence-corrected chi connectivity index (χ2v) is 7.55. The molecule has 0 radical (unpaired) electrons. The van der Waals surface area contributed by atoms with Crippen LogP contribution in [0.25, 0.3) is 10.8 Å². The summed E-state index contributed by atoms with van der Waals surface area (Å²) in [6, 6.07) is 11.8. The summed E-state index contributed by atoms with van der Waals surface area (Å²) in [6.07, 6.45) is 0. The molecule has 0 spiro atoms. The fourth-order valence-electron chi connectivity index (χ4n) is 2.43. The Morgan fingerprint density at radius 3 is 2.54 bits per heavy atom. The predicted molar refractivity (Wildman–Crippen MR) is 101 cm³/mol. The Kier molecular flexibility index (Phi) is 5.79. The first-order valence-electron chi connectivity index (χ1n) is 7.49. The predicted octanol–water partition coefficient (Wildman–Crippen LogP) is 4.22. The van der Waals surface area contributed by atoms with Crippen molar-refractivity contribution in [1.29, 1.82) is 0 Å². The normalized spacial score (nSPS) is 12.1. The minimum atomic E-state index is -4.53. The summed E-state index contributed by atoms with van der Waals surface area (Å²) in [5.74, 6) is -0.304.